The molecule has 2 aromatic carbocycles. The van der Waals surface area contributed by atoms with Crippen LogP contribution in [0, 0.1) is 13.8 Å². The molecule has 2 aromatic rings. The molecule has 2 rings (SSSR count). The maximum absolute atomic E-state index is 6.08. The Morgan fingerprint density at radius 1 is 1.00 bits per heavy atom. The minimum Gasteiger partial charge on any atom is -0.484 e. The molecule has 0 aliphatic carbocycles. The third kappa shape index (κ3) is 3.85. The summed E-state index contributed by atoms with van der Waals surface area (Å²) >= 11 is 0. The van der Waals surface area contributed by atoms with Gasteiger partial charge in [0, 0.05) is 6.54 Å². The Morgan fingerprint density at radius 2 is 1.67 bits per heavy atom. The van der Waals surface area contributed by atoms with Gasteiger partial charge in [0.1, 0.15) is 11.9 Å². The molecule has 0 bridgehead atoms. The monoisotopic (exact) mass is 283 g/mol. The summed E-state index contributed by atoms with van der Waals surface area (Å²) in [6, 6.07) is 14.6. The van der Waals surface area contributed by atoms with E-state index in [9.17, 15) is 0 Å². The van der Waals surface area contributed by atoms with Crippen molar-refractivity contribution in [2.24, 2.45) is 5.73 Å². The van der Waals surface area contributed by atoms with Gasteiger partial charge in [0.15, 0.2) is 0 Å². The van der Waals surface area contributed by atoms with Gasteiger partial charge >= 0.3 is 0 Å². The number of benzene rings is 2. The molecule has 0 radical (unpaired) electrons. The minimum absolute atomic E-state index is 0.102. The van der Waals surface area contributed by atoms with Crippen molar-refractivity contribution < 1.29 is 4.74 Å². The van der Waals surface area contributed by atoms with E-state index in [1.54, 1.807) is 0 Å². The van der Waals surface area contributed by atoms with Crippen LogP contribution < -0.4 is 10.5 Å². The molecule has 0 aliphatic heterocycles. The molecule has 0 saturated carbocycles. The smallest absolute Gasteiger partial charge is 0.136 e. The topological polar surface area (TPSA) is 35.2 Å². The third-order valence-corrected chi connectivity index (χ3v) is 3.80. The van der Waals surface area contributed by atoms with Crippen molar-refractivity contribution in [3.63, 3.8) is 0 Å². The quantitative estimate of drug-likeness (QED) is 0.876. The molecule has 0 heterocycles. The van der Waals surface area contributed by atoms with Gasteiger partial charge in [-0.3, -0.25) is 0 Å². The summed E-state index contributed by atoms with van der Waals surface area (Å²) in [5.41, 5.74) is 10.9. The van der Waals surface area contributed by atoms with Gasteiger partial charge in [-0.1, -0.05) is 49.7 Å². The van der Waals surface area contributed by atoms with Crippen molar-refractivity contribution in [2.45, 2.75) is 39.7 Å². The van der Waals surface area contributed by atoms with Crippen LogP contribution in [0.3, 0.4) is 0 Å². The number of hydrogen-bond donors (Lipinski definition) is 1. The molecule has 0 aromatic heterocycles. The molecule has 0 fully saturated rings. The van der Waals surface area contributed by atoms with Gasteiger partial charge in [-0.05, 0) is 48.6 Å². The zero-order valence-corrected chi connectivity index (χ0v) is 13.4. The van der Waals surface area contributed by atoms with Crippen LogP contribution in [0.25, 0.3) is 0 Å². The summed E-state index contributed by atoms with van der Waals surface area (Å²) in [6.45, 7) is 9.09. The molecule has 2 nitrogen and oxygen atoms in total. The predicted molar refractivity (Wildman–Crippen MR) is 88.9 cm³/mol. The van der Waals surface area contributed by atoms with Crippen molar-refractivity contribution in [2.75, 3.05) is 6.54 Å². The number of aryl methyl sites for hydroxylation is 2. The summed E-state index contributed by atoms with van der Waals surface area (Å²) in [7, 11) is 0. The first-order valence-electron chi connectivity index (χ1n) is 7.55. The van der Waals surface area contributed by atoms with Crippen molar-refractivity contribution >= 4 is 0 Å². The second-order valence-electron chi connectivity index (χ2n) is 5.93. The van der Waals surface area contributed by atoms with E-state index in [-0.39, 0.29) is 6.10 Å². The van der Waals surface area contributed by atoms with E-state index in [0.717, 1.165) is 11.3 Å². The van der Waals surface area contributed by atoms with E-state index in [1.165, 1.54) is 16.7 Å². The second-order valence-corrected chi connectivity index (χ2v) is 5.93. The number of nitrogens with two attached hydrogens (primary N) is 1. The first-order valence-corrected chi connectivity index (χ1v) is 7.55. The van der Waals surface area contributed by atoms with E-state index in [2.05, 4.69) is 64.1 Å². The summed E-state index contributed by atoms with van der Waals surface area (Å²) in [5, 5.41) is 0. The Morgan fingerprint density at radius 3 is 2.19 bits per heavy atom. The Balaban J connectivity index is 2.19. The zero-order valence-electron chi connectivity index (χ0n) is 13.4. The van der Waals surface area contributed by atoms with Gasteiger partial charge in [0.2, 0.25) is 0 Å². The Bertz CT molecular complexity index is 587. The van der Waals surface area contributed by atoms with Crippen LogP contribution in [0.1, 0.15) is 48.1 Å². The summed E-state index contributed by atoms with van der Waals surface area (Å²) in [6.07, 6.45) is -0.102. The first-order chi connectivity index (χ1) is 10.0. The van der Waals surface area contributed by atoms with Gasteiger partial charge in [-0.15, -0.1) is 0 Å². The van der Waals surface area contributed by atoms with Gasteiger partial charge < -0.3 is 10.5 Å². The van der Waals surface area contributed by atoms with E-state index in [4.69, 9.17) is 10.5 Å². The first kappa shape index (κ1) is 15.6. The van der Waals surface area contributed by atoms with Crippen LogP contribution in [0.15, 0.2) is 42.5 Å². The van der Waals surface area contributed by atoms with Crippen LogP contribution in [-0.2, 0) is 0 Å². The van der Waals surface area contributed by atoms with Crippen LogP contribution in [0.5, 0.6) is 5.75 Å². The van der Waals surface area contributed by atoms with Gasteiger partial charge in [0.25, 0.3) is 0 Å². The molecule has 2 heteroatoms. The lowest BCUT2D eigenvalue weighted by Crippen LogP contribution is -2.18. The van der Waals surface area contributed by atoms with E-state index >= 15 is 0 Å². The molecule has 2 N–H and O–H groups in total. The van der Waals surface area contributed by atoms with E-state index < -0.39 is 0 Å². The molecular formula is C19H25NO. The Kier molecular flexibility index (Phi) is 5.03. The average molecular weight is 283 g/mol. The molecule has 0 saturated heterocycles. The number of rotatable bonds is 5. The molecule has 0 amide bonds. The number of ether oxygens (including phenoxy) is 1. The SMILES string of the molecule is Cc1ccc(C(CN)Oc2ccc(C(C)C)c(C)c2)cc1. The maximum atomic E-state index is 6.08. The molecule has 0 aliphatic rings. The highest BCUT2D eigenvalue weighted by molar-refractivity contribution is 5.37. The zero-order chi connectivity index (χ0) is 15.4. The van der Waals surface area contributed by atoms with E-state index in [1.807, 2.05) is 6.07 Å². The fourth-order valence-electron chi connectivity index (χ4n) is 2.57. The lowest BCUT2D eigenvalue weighted by Gasteiger charge is -2.19. The summed E-state index contributed by atoms with van der Waals surface area (Å²) in [5.74, 6) is 1.41. The maximum Gasteiger partial charge on any atom is 0.136 e. The van der Waals surface area contributed by atoms with Crippen molar-refractivity contribution in [3.8, 4) is 5.75 Å². The average Bonchev–Trinajstić information content (AvgIpc) is 2.45. The molecule has 0 spiro atoms. The molecular weight excluding hydrogens is 258 g/mol. The second kappa shape index (κ2) is 6.77. The van der Waals surface area contributed by atoms with Crippen molar-refractivity contribution in [1.82, 2.24) is 0 Å². The largest absolute Gasteiger partial charge is 0.484 e. The van der Waals surface area contributed by atoms with Crippen LogP contribution in [0.2, 0.25) is 0 Å². The molecule has 1 atom stereocenters. The van der Waals surface area contributed by atoms with Crippen LogP contribution >= 0.6 is 0 Å². The minimum atomic E-state index is -0.102. The van der Waals surface area contributed by atoms with Gasteiger partial charge in [0.05, 0.1) is 0 Å². The number of hydrogen-bond acceptors (Lipinski definition) is 2. The van der Waals surface area contributed by atoms with Crippen LogP contribution in [-0.4, -0.2) is 6.54 Å². The lowest BCUT2D eigenvalue weighted by atomic mass is 9.98. The lowest BCUT2D eigenvalue weighted by molar-refractivity contribution is 0.214. The summed E-state index contributed by atoms with van der Waals surface area (Å²) in [4.78, 5) is 0. The Hall–Kier alpha value is -1.80. The van der Waals surface area contributed by atoms with Crippen molar-refractivity contribution in [3.05, 3.63) is 64.7 Å². The fourth-order valence-corrected chi connectivity index (χ4v) is 2.57. The van der Waals surface area contributed by atoms with Crippen molar-refractivity contribution in [1.29, 1.82) is 0 Å². The highest BCUT2D eigenvalue weighted by Gasteiger charge is 2.12. The van der Waals surface area contributed by atoms with E-state index in [0.29, 0.717) is 12.5 Å². The van der Waals surface area contributed by atoms with Gasteiger partial charge in [-0.25, -0.2) is 0 Å². The molecule has 112 valence electrons. The predicted octanol–water partition coefficient (Wildman–Crippen LogP) is 4.51. The van der Waals surface area contributed by atoms with Crippen LogP contribution in [0.4, 0.5) is 0 Å². The highest BCUT2D eigenvalue weighted by atomic mass is 16.5. The molecule has 21 heavy (non-hydrogen) atoms. The standard InChI is InChI=1S/C19H25NO/c1-13(2)18-10-9-17(11-15(18)4)21-19(12-20)16-7-5-14(3)6-8-16/h5-11,13,19H,12,20H2,1-4H3. The van der Waals surface area contributed by atoms with Gasteiger partial charge in [-0.2, -0.15) is 0 Å². The Labute approximate surface area is 127 Å². The summed E-state index contributed by atoms with van der Waals surface area (Å²) < 4.78 is 6.08. The fraction of sp³-hybridized carbons (Fsp3) is 0.368. The normalized spacial score (nSPS) is 12.5. The third-order valence-electron chi connectivity index (χ3n) is 3.80. The molecule has 1 unspecified atom stereocenters. The highest BCUT2D eigenvalue weighted by Crippen LogP contribution is 2.27.